The van der Waals surface area contributed by atoms with Gasteiger partial charge in [-0.15, -0.1) is 0 Å². The highest BCUT2D eigenvalue weighted by atomic mass is 16.1. The van der Waals surface area contributed by atoms with Crippen molar-refractivity contribution in [3.63, 3.8) is 0 Å². The van der Waals surface area contributed by atoms with Crippen molar-refractivity contribution in [3.8, 4) is 0 Å². The number of piperidine rings is 1. The maximum Gasteiger partial charge on any atom is 0.224 e. The Morgan fingerprint density at radius 2 is 1.69 bits per heavy atom. The Hall–Kier alpha value is -2.13. The van der Waals surface area contributed by atoms with Crippen molar-refractivity contribution < 1.29 is 4.79 Å². The Kier molecular flexibility index (Phi) is 6.45. The molecule has 1 aliphatic heterocycles. The van der Waals surface area contributed by atoms with Crippen LogP contribution in [-0.2, 0) is 24.3 Å². The van der Waals surface area contributed by atoms with Crippen molar-refractivity contribution in [3.05, 3.63) is 70.3 Å². The van der Waals surface area contributed by atoms with Crippen LogP contribution in [0.3, 0.4) is 0 Å². The lowest BCUT2D eigenvalue weighted by Gasteiger charge is -2.27. The van der Waals surface area contributed by atoms with Crippen LogP contribution in [0.2, 0.25) is 0 Å². The lowest BCUT2D eigenvalue weighted by atomic mass is 10.0. The Morgan fingerprint density at radius 1 is 0.962 bits per heavy atom. The number of nitrogens with one attached hydrogen (secondary N) is 1. The zero-order valence-corrected chi connectivity index (χ0v) is 16.1. The molecule has 138 valence electrons. The van der Waals surface area contributed by atoms with Crippen LogP contribution in [0.1, 0.15) is 47.1 Å². The van der Waals surface area contributed by atoms with Crippen LogP contribution in [0.4, 0.5) is 0 Å². The van der Waals surface area contributed by atoms with Gasteiger partial charge in [0.05, 0.1) is 6.42 Å². The van der Waals surface area contributed by atoms with Gasteiger partial charge in [0.2, 0.25) is 5.91 Å². The molecule has 1 saturated heterocycles. The monoisotopic (exact) mass is 350 g/mol. The molecule has 3 nitrogen and oxygen atoms in total. The molecule has 1 amide bonds. The number of nitrogens with zero attached hydrogens (tertiary/aromatic N) is 1. The highest BCUT2D eigenvalue weighted by molar-refractivity contribution is 5.79. The lowest BCUT2D eigenvalue weighted by molar-refractivity contribution is -0.120. The minimum atomic E-state index is 0.0877. The molecule has 0 saturated carbocycles. The number of hydrogen-bond acceptors (Lipinski definition) is 2. The summed E-state index contributed by atoms with van der Waals surface area (Å²) in [5, 5.41) is 3.11. The minimum absolute atomic E-state index is 0.0877. The van der Waals surface area contributed by atoms with E-state index in [9.17, 15) is 4.79 Å². The number of amides is 1. The first-order valence-electron chi connectivity index (χ1n) is 9.74. The number of carbonyl (C=O) groups is 1. The summed E-state index contributed by atoms with van der Waals surface area (Å²) in [4.78, 5) is 14.9. The maximum absolute atomic E-state index is 12.4. The van der Waals surface area contributed by atoms with Crippen LogP contribution in [0.25, 0.3) is 0 Å². The van der Waals surface area contributed by atoms with Gasteiger partial charge >= 0.3 is 0 Å². The predicted octanol–water partition coefficient (Wildman–Crippen LogP) is 4.15. The molecule has 1 fully saturated rings. The molecular weight excluding hydrogens is 320 g/mol. The van der Waals surface area contributed by atoms with E-state index < -0.39 is 0 Å². The predicted molar refractivity (Wildman–Crippen MR) is 107 cm³/mol. The highest BCUT2D eigenvalue weighted by Gasteiger charge is 2.13. The topological polar surface area (TPSA) is 32.3 Å². The Labute approximate surface area is 157 Å². The van der Waals surface area contributed by atoms with Gasteiger partial charge in [-0.05, 0) is 62.0 Å². The van der Waals surface area contributed by atoms with Gasteiger partial charge in [0, 0.05) is 13.1 Å². The maximum atomic E-state index is 12.4. The summed E-state index contributed by atoms with van der Waals surface area (Å²) in [5.74, 6) is 0.0877. The molecular formula is C23H30N2O. The first-order chi connectivity index (χ1) is 12.6. The molecule has 0 aromatic heterocycles. The van der Waals surface area contributed by atoms with Crippen LogP contribution < -0.4 is 5.32 Å². The van der Waals surface area contributed by atoms with Crippen LogP contribution in [0.15, 0.2) is 42.5 Å². The largest absolute Gasteiger partial charge is 0.352 e. The molecule has 0 aliphatic carbocycles. The Morgan fingerprint density at radius 3 is 2.42 bits per heavy atom. The summed E-state index contributed by atoms with van der Waals surface area (Å²) in [6.07, 6.45) is 4.40. The second-order valence-corrected chi connectivity index (χ2v) is 7.49. The third-order valence-corrected chi connectivity index (χ3v) is 5.29. The SMILES string of the molecule is Cc1ccc(CC(=O)NCc2ccccc2CN2CCCCC2)c(C)c1. The smallest absolute Gasteiger partial charge is 0.224 e. The molecule has 3 heteroatoms. The number of hydrogen-bond donors (Lipinski definition) is 1. The Balaban J connectivity index is 1.57. The normalized spacial score (nSPS) is 15.0. The Bertz CT molecular complexity index is 748. The van der Waals surface area contributed by atoms with E-state index in [1.807, 2.05) is 0 Å². The number of carbonyl (C=O) groups excluding carboxylic acids is 1. The van der Waals surface area contributed by atoms with Crippen LogP contribution in [0, 0.1) is 13.8 Å². The fourth-order valence-electron chi connectivity index (χ4n) is 3.72. The van der Waals surface area contributed by atoms with Gasteiger partial charge in [-0.25, -0.2) is 0 Å². The van der Waals surface area contributed by atoms with Gasteiger partial charge < -0.3 is 5.32 Å². The highest BCUT2D eigenvalue weighted by Crippen LogP contribution is 2.16. The van der Waals surface area contributed by atoms with Crippen LogP contribution in [-0.4, -0.2) is 23.9 Å². The summed E-state index contributed by atoms with van der Waals surface area (Å²) in [6, 6.07) is 14.8. The average molecular weight is 351 g/mol. The average Bonchev–Trinajstić information content (AvgIpc) is 2.64. The number of likely N-dealkylation sites (tertiary alicyclic amines) is 1. The molecule has 0 bridgehead atoms. The number of rotatable bonds is 6. The van der Waals surface area contributed by atoms with Crippen molar-refractivity contribution in [2.24, 2.45) is 0 Å². The molecule has 2 aromatic carbocycles. The molecule has 2 aromatic rings. The molecule has 0 radical (unpaired) electrons. The second kappa shape index (κ2) is 9.00. The van der Waals surface area contributed by atoms with E-state index in [0.29, 0.717) is 13.0 Å². The second-order valence-electron chi connectivity index (χ2n) is 7.49. The first-order valence-corrected chi connectivity index (χ1v) is 9.74. The quantitative estimate of drug-likeness (QED) is 0.849. The van der Waals surface area contributed by atoms with E-state index >= 15 is 0 Å². The van der Waals surface area contributed by atoms with Crippen LogP contribution >= 0.6 is 0 Å². The molecule has 1 heterocycles. The fraction of sp³-hybridized carbons (Fsp3) is 0.435. The third kappa shape index (κ3) is 5.18. The van der Waals surface area contributed by atoms with Gasteiger partial charge in [0.25, 0.3) is 0 Å². The standard InChI is InChI=1S/C23H30N2O/c1-18-10-11-20(19(2)14-18)15-23(26)24-16-21-8-4-5-9-22(21)17-25-12-6-3-7-13-25/h4-5,8-11,14H,3,6-7,12-13,15-17H2,1-2H3,(H,24,26). The van der Waals surface area contributed by atoms with Crippen molar-refractivity contribution in [2.45, 2.75) is 52.6 Å². The molecule has 1 aliphatic rings. The van der Waals surface area contributed by atoms with Gasteiger partial charge in [0.15, 0.2) is 0 Å². The molecule has 0 atom stereocenters. The van der Waals surface area contributed by atoms with E-state index in [4.69, 9.17) is 0 Å². The summed E-state index contributed by atoms with van der Waals surface area (Å²) in [6.45, 7) is 8.12. The summed E-state index contributed by atoms with van der Waals surface area (Å²) in [5.41, 5.74) is 6.09. The zero-order valence-electron chi connectivity index (χ0n) is 16.1. The molecule has 0 unspecified atom stereocenters. The zero-order chi connectivity index (χ0) is 18.4. The van der Waals surface area contributed by atoms with Gasteiger partial charge in [-0.1, -0.05) is 54.4 Å². The van der Waals surface area contributed by atoms with Crippen LogP contribution in [0.5, 0.6) is 0 Å². The first kappa shape index (κ1) is 18.7. The third-order valence-electron chi connectivity index (χ3n) is 5.29. The molecule has 26 heavy (non-hydrogen) atoms. The van der Waals surface area contributed by atoms with Gasteiger partial charge in [0.1, 0.15) is 0 Å². The van der Waals surface area contributed by atoms with E-state index in [0.717, 1.165) is 12.1 Å². The van der Waals surface area contributed by atoms with Crippen molar-refractivity contribution in [2.75, 3.05) is 13.1 Å². The molecule has 0 spiro atoms. The van der Waals surface area contributed by atoms with Gasteiger partial charge in [-0.2, -0.15) is 0 Å². The number of benzene rings is 2. The molecule has 3 rings (SSSR count). The van der Waals surface area contributed by atoms with E-state index in [1.54, 1.807) is 0 Å². The van der Waals surface area contributed by atoms with Crippen molar-refractivity contribution in [1.82, 2.24) is 10.2 Å². The van der Waals surface area contributed by atoms with Crippen molar-refractivity contribution in [1.29, 1.82) is 0 Å². The van der Waals surface area contributed by atoms with Gasteiger partial charge in [-0.3, -0.25) is 9.69 Å². The lowest BCUT2D eigenvalue weighted by Crippen LogP contribution is -2.30. The van der Waals surface area contributed by atoms with Crippen molar-refractivity contribution >= 4 is 5.91 Å². The minimum Gasteiger partial charge on any atom is -0.352 e. The van der Waals surface area contributed by atoms with E-state index in [2.05, 4.69) is 66.5 Å². The fourth-order valence-corrected chi connectivity index (χ4v) is 3.72. The summed E-state index contributed by atoms with van der Waals surface area (Å²) >= 11 is 0. The molecule has 1 N–H and O–H groups in total. The summed E-state index contributed by atoms with van der Waals surface area (Å²) < 4.78 is 0. The van der Waals surface area contributed by atoms with E-state index in [1.165, 1.54) is 54.6 Å². The number of aryl methyl sites for hydroxylation is 2. The van der Waals surface area contributed by atoms with E-state index in [-0.39, 0.29) is 5.91 Å². The summed E-state index contributed by atoms with van der Waals surface area (Å²) in [7, 11) is 0.